The van der Waals surface area contributed by atoms with Gasteiger partial charge in [0.25, 0.3) is 0 Å². The first kappa shape index (κ1) is 15.9. The largest absolute Gasteiger partial charge is 0.495 e. The lowest BCUT2D eigenvalue weighted by Crippen LogP contribution is -2.00. The van der Waals surface area contributed by atoms with Gasteiger partial charge in [-0.3, -0.25) is 0 Å². The van der Waals surface area contributed by atoms with Crippen LogP contribution in [0.1, 0.15) is 15.9 Å². The number of nitrogens with one attached hydrogen (secondary N) is 1. The zero-order valence-corrected chi connectivity index (χ0v) is 14.6. The molecule has 0 aliphatic carbocycles. The van der Waals surface area contributed by atoms with E-state index in [4.69, 9.17) is 9.84 Å². The lowest BCUT2D eigenvalue weighted by atomic mass is 10.1. The van der Waals surface area contributed by atoms with Crippen molar-refractivity contribution in [1.82, 2.24) is 0 Å². The fourth-order valence-electron chi connectivity index (χ4n) is 1.86. The van der Waals surface area contributed by atoms with Crippen LogP contribution >= 0.6 is 31.9 Å². The minimum Gasteiger partial charge on any atom is -0.495 e. The number of methoxy groups -OCH3 is 1. The van der Waals surface area contributed by atoms with Crippen molar-refractivity contribution < 1.29 is 14.6 Å². The first-order valence-corrected chi connectivity index (χ1v) is 7.65. The predicted molar refractivity (Wildman–Crippen MR) is 89.8 cm³/mol. The molecule has 21 heavy (non-hydrogen) atoms. The third-order valence-electron chi connectivity index (χ3n) is 2.98. The summed E-state index contributed by atoms with van der Waals surface area (Å²) in [6, 6.07) is 8.71. The summed E-state index contributed by atoms with van der Waals surface area (Å²) in [5.74, 6) is -0.225. The molecular weight excluding hydrogens is 402 g/mol. The van der Waals surface area contributed by atoms with Gasteiger partial charge in [0, 0.05) is 16.2 Å². The van der Waals surface area contributed by atoms with Gasteiger partial charge in [0.2, 0.25) is 0 Å². The number of rotatable bonds is 4. The first-order valence-electron chi connectivity index (χ1n) is 6.06. The summed E-state index contributed by atoms with van der Waals surface area (Å²) in [7, 11) is 1.60. The van der Waals surface area contributed by atoms with Crippen LogP contribution in [0.15, 0.2) is 39.3 Å². The Morgan fingerprint density at radius 1 is 1.14 bits per heavy atom. The van der Waals surface area contributed by atoms with Crippen molar-refractivity contribution in [3.8, 4) is 5.75 Å². The zero-order chi connectivity index (χ0) is 15.6. The second-order valence-electron chi connectivity index (χ2n) is 4.43. The van der Waals surface area contributed by atoms with Crippen LogP contribution in [0.25, 0.3) is 0 Å². The van der Waals surface area contributed by atoms with Crippen molar-refractivity contribution in [1.29, 1.82) is 0 Å². The molecule has 0 radical (unpaired) electrons. The summed E-state index contributed by atoms with van der Waals surface area (Å²) < 4.78 is 6.99. The maximum atomic E-state index is 10.9. The highest BCUT2D eigenvalue weighted by Gasteiger charge is 2.10. The fourth-order valence-corrected chi connectivity index (χ4v) is 3.12. The summed E-state index contributed by atoms with van der Waals surface area (Å²) in [4.78, 5) is 10.9. The van der Waals surface area contributed by atoms with Gasteiger partial charge in [0.1, 0.15) is 5.75 Å². The number of hydrogen-bond acceptors (Lipinski definition) is 3. The molecule has 4 nitrogen and oxygen atoms in total. The maximum Gasteiger partial charge on any atom is 0.335 e. The van der Waals surface area contributed by atoms with Gasteiger partial charge in [-0.25, -0.2) is 4.79 Å². The Bertz CT molecular complexity index is 702. The molecule has 0 aromatic heterocycles. The summed E-state index contributed by atoms with van der Waals surface area (Å²) >= 11 is 6.91. The Morgan fingerprint density at radius 3 is 2.43 bits per heavy atom. The van der Waals surface area contributed by atoms with Gasteiger partial charge < -0.3 is 15.2 Å². The standard InChI is InChI=1S/C15H13Br2NO3/c1-8-5-9(15(19)20)3-4-12(8)18-13-7-14(21-2)11(17)6-10(13)16/h3-7,18H,1-2H3,(H,19,20). The van der Waals surface area contributed by atoms with E-state index in [1.807, 2.05) is 19.1 Å². The lowest BCUT2D eigenvalue weighted by molar-refractivity contribution is 0.0697. The SMILES string of the molecule is COc1cc(Nc2ccc(C(=O)O)cc2C)c(Br)cc1Br. The number of carboxylic acid groups (broad SMARTS) is 1. The van der Waals surface area contributed by atoms with Crippen molar-refractivity contribution in [2.24, 2.45) is 0 Å². The summed E-state index contributed by atoms with van der Waals surface area (Å²) in [6.45, 7) is 1.86. The second kappa shape index (κ2) is 6.49. The van der Waals surface area contributed by atoms with E-state index in [9.17, 15) is 4.79 Å². The Labute approximate surface area is 139 Å². The van der Waals surface area contributed by atoms with Crippen LogP contribution in [0.4, 0.5) is 11.4 Å². The normalized spacial score (nSPS) is 10.3. The van der Waals surface area contributed by atoms with E-state index in [1.165, 1.54) is 0 Å². The van der Waals surface area contributed by atoms with Gasteiger partial charge in [-0.1, -0.05) is 0 Å². The van der Waals surface area contributed by atoms with Gasteiger partial charge in [-0.15, -0.1) is 0 Å². The van der Waals surface area contributed by atoms with Gasteiger partial charge in [0.15, 0.2) is 0 Å². The average Bonchev–Trinajstić information content (AvgIpc) is 2.43. The number of carboxylic acids is 1. The molecule has 2 rings (SSSR count). The third-order valence-corrected chi connectivity index (χ3v) is 4.26. The highest BCUT2D eigenvalue weighted by molar-refractivity contribution is 9.11. The highest BCUT2D eigenvalue weighted by Crippen LogP contribution is 2.36. The van der Waals surface area contributed by atoms with Crippen LogP contribution in [0, 0.1) is 6.92 Å². The van der Waals surface area contributed by atoms with Crippen LogP contribution in [-0.4, -0.2) is 18.2 Å². The molecule has 0 amide bonds. The van der Waals surface area contributed by atoms with E-state index in [0.29, 0.717) is 5.75 Å². The molecule has 0 saturated heterocycles. The number of carbonyl (C=O) groups is 1. The van der Waals surface area contributed by atoms with Crippen LogP contribution in [-0.2, 0) is 0 Å². The summed E-state index contributed by atoms with van der Waals surface area (Å²) in [5.41, 5.74) is 2.79. The molecule has 0 bridgehead atoms. The first-order chi connectivity index (χ1) is 9.92. The van der Waals surface area contributed by atoms with E-state index in [-0.39, 0.29) is 5.56 Å². The molecule has 0 heterocycles. The molecular formula is C15H13Br2NO3. The van der Waals surface area contributed by atoms with Gasteiger partial charge in [-0.2, -0.15) is 0 Å². The molecule has 0 fully saturated rings. The third kappa shape index (κ3) is 3.57. The fraction of sp³-hybridized carbons (Fsp3) is 0.133. The van der Waals surface area contributed by atoms with Crippen molar-refractivity contribution in [3.63, 3.8) is 0 Å². The Kier molecular flexibility index (Phi) is 4.90. The monoisotopic (exact) mass is 413 g/mol. The number of aromatic carboxylic acids is 1. The minimum absolute atomic E-state index is 0.269. The quantitative estimate of drug-likeness (QED) is 0.741. The van der Waals surface area contributed by atoms with Crippen molar-refractivity contribution in [2.75, 3.05) is 12.4 Å². The van der Waals surface area contributed by atoms with E-state index >= 15 is 0 Å². The molecule has 0 aliphatic heterocycles. The van der Waals surface area contributed by atoms with E-state index < -0.39 is 5.97 Å². The molecule has 0 unspecified atom stereocenters. The molecule has 0 aliphatic rings. The zero-order valence-electron chi connectivity index (χ0n) is 11.4. The summed E-state index contributed by atoms with van der Waals surface area (Å²) in [6.07, 6.45) is 0. The Morgan fingerprint density at radius 2 is 1.86 bits per heavy atom. The minimum atomic E-state index is -0.934. The van der Waals surface area contributed by atoms with Crippen LogP contribution in [0.2, 0.25) is 0 Å². The molecule has 6 heteroatoms. The van der Waals surface area contributed by atoms with E-state index in [2.05, 4.69) is 37.2 Å². The molecule has 0 atom stereocenters. The number of aryl methyl sites for hydroxylation is 1. The molecule has 0 saturated carbocycles. The van der Waals surface area contributed by atoms with E-state index in [0.717, 1.165) is 25.9 Å². The number of anilines is 2. The lowest BCUT2D eigenvalue weighted by Gasteiger charge is -2.14. The molecule has 2 aromatic rings. The van der Waals surface area contributed by atoms with Crippen LogP contribution in [0.3, 0.4) is 0 Å². The number of ether oxygens (including phenoxy) is 1. The van der Waals surface area contributed by atoms with Crippen LogP contribution < -0.4 is 10.1 Å². The smallest absolute Gasteiger partial charge is 0.335 e. The number of halogens is 2. The molecule has 2 aromatic carbocycles. The van der Waals surface area contributed by atoms with Gasteiger partial charge >= 0.3 is 5.97 Å². The second-order valence-corrected chi connectivity index (χ2v) is 6.14. The van der Waals surface area contributed by atoms with E-state index in [1.54, 1.807) is 25.3 Å². The molecule has 110 valence electrons. The predicted octanol–water partition coefficient (Wildman–Crippen LogP) is 4.97. The van der Waals surface area contributed by atoms with Crippen molar-refractivity contribution in [2.45, 2.75) is 6.92 Å². The van der Waals surface area contributed by atoms with Gasteiger partial charge in [-0.05, 0) is 68.6 Å². The van der Waals surface area contributed by atoms with Gasteiger partial charge in [0.05, 0.1) is 22.8 Å². The summed E-state index contributed by atoms with van der Waals surface area (Å²) in [5, 5.41) is 12.3. The van der Waals surface area contributed by atoms with Crippen molar-refractivity contribution >= 4 is 49.2 Å². The maximum absolute atomic E-state index is 10.9. The number of hydrogen-bond donors (Lipinski definition) is 2. The molecule has 2 N–H and O–H groups in total. The van der Waals surface area contributed by atoms with Crippen molar-refractivity contribution in [3.05, 3.63) is 50.4 Å². The number of benzene rings is 2. The van der Waals surface area contributed by atoms with Crippen LogP contribution in [0.5, 0.6) is 5.75 Å². The average molecular weight is 415 g/mol. The Hall–Kier alpha value is -1.53. The Balaban J connectivity index is 2.36. The highest BCUT2D eigenvalue weighted by atomic mass is 79.9. The molecule has 0 spiro atoms. The topological polar surface area (TPSA) is 58.6 Å².